The van der Waals surface area contributed by atoms with Crippen molar-refractivity contribution in [1.29, 1.82) is 0 Å². The van der Waals surface area contributed by atoms with Gasteiger partial charge in [-0.1, -0.05) is 135 Å². The number of rotatable bonds is 9. The van der Waals surface area contributed by atoms with E-state index in [0.717, 1.165) is 63.0 Å². The SMILES string of the molecule is CCCC(c1ccc2c(c1)c1ccccc1n2-c1ccccc1)c1ccccc1N=C(C)c1cccc2oc3ccc(-c4ccc5c(c4)c4ccccc4n5-c4ccccc4)cc3c12. The first-order chi connectivity index (χ1) is 31.6. The van der Waals surface area contributed by atoms with E-state index in [1.54, 1.807) is 0 Å². The van der Waals surface area contributed by atoms with E-state index >= 15 is 0 Å². The highest BCUT2D eigenvalue weighted by Gasteiger charge is 2.21. The Bertz CT molecular complexity index is 3750. The minimum Gasteiger partial charge on any atom is -0.456 e. The Morgan fingerprint density at radius 2 is 1.05 bits per heavy atom. The summed E-state index contributed by atoms with van der Waals surface area (Å²) in [5, 5.41) is 7.18. The molecule has 64 heavy (non-hydrogen) atoms. The van der Waals surface area contributed by atoms with Crippen LogP contribution in [0.15, 0.2) is 216 Å². The maximum atomic E-state index is 6.55. The largest absolute Gasteiger partial charge is 0.456 e. The molecule has 0 radical (unpaired) electrons. The van der Waals surface area contributed by atoms with E-state index in [2.05, 4.69) is 229 Å². The van der Waals surface area contributed by atoms with E-state index in [-0.39, 0.29) is 5.92 Å². The molecule has 306 valence electrons. The molecule has 1 unspecified atom stereocenters. The number of fused-ring (bicyclic) bond motifs is 9. The number of furan rings is 1. The second-order valence-electron chi connectivity index (χ2n) is 17.0. The molecule has 12 rings (SSSR count). The molecule has 0 N–H and O–H groups in total. The lowest BCUT2D eigenvalue weighted by Gasteiger charge is -2.20. The predicted octanol–water partition coefficient (Wildman–Crippen LogP) is 16.5. The second kappa shape index (κ2) is 15.4. The molecule has 12 aromatic rings. The molecular formula is C60H45N3O. The van der Waals surface area contributed by atoms with Gasteiger partial charge in [-0.15, -0.1) is 0 Å². The Balaban J connectivity index is 0.949. The first kappa shape index (κ1) is 37.8. The summed E-state index contributed by atoms with van der Waals surface area (Å²) in [6, 6.07) is 74.4. The Labute approximate surface area is 372 Å². The van der Waals surface area contributed by atoms with Gasteiger partial charge in [0.15, 0.2) is 0 Å². The summed E-state index contributed by atoms with van der Waals surface area (Å²) in [6.07, 6.45) is 2.06. The summed E-state index contributed by atoms with van der Waals surface area (Å²) < 4.78 is 11.3. The van der Waals surface area contributed by atoms with Crippen LogP contribution in [0.3, 0.4) is 0 Å². The van der Waals surface area contributed by atoms with Crippen molar-refractivity contribution in [2.24, 2.45) is 4.99 Å². The smallest absolute Gasteiger partial charge is 0.136 e. The number of benzene rings is 9. The summed E-state index contributed by atoms with van der Waals surface area (Å²) in [7, 11) is 0. The van der Waals surface area contributed by atoms with E-state index in [1.807, 2.05) is 0 Å². The molecule has 0 spiro atoms. The van der Waals surface area contributed by atoms with Gasteiger partial charge >= 0.3 is 0 Å². The average Bonchev–Trinajstić information content (AvgIpc) is 4.01. The first-order valence-corrected chi connectivity index (χ1v) is 22.4. The summed E-state index contributed by atoms with van der Waals surface area (Å²) in [5.41, 5.74) is 16.8. The lowest BCUT2D eigenvalue weighted by molar-refractivity contribution is 0.669. The van der Waals surface area contributed by atoms with Crippen LogP contribution in [0, 0.1) is 0 Å². The lowest BCUT2D eigenvalue weighted by atomic mass is 9.86. The fourth-order valence-electron chi connectivity index (χ4n) is 10.3. The van der Waals surface area contributed by atoms with Crippen molar-refractivity contribution in [2.45, 2.75) is 32.6 Å². The number of para-hydroxylation sites is 5. The molecule has 9 aromatic carbocycles. The number of nitrogens with zero attached hydrogens (tertiary/aromatic N) is 3. The van der Waals surface area contributed by atoms with Gasteiger partial charge in [-0.25, -0.2) is 0 Å². The van der Waals surface area contributed by atoms with Crippen LogP contribution in [0.2, 0.25) is 0 Å². The molecular weight excluding hydrogens is 779 g/mol. The second-order valence-corrected chi connectivity index (χ2v) is 17.0. The third-order valence-corrected chi connectivity index (χ3v) is 13.2. The Morgan fingerprint density at radius 1 is 0.484 bits per heavy atom. The Kier molecular flexibility index (Phi) is 9.12. The molecule has 0 fully saturated rings. The van der Waals surface area contributed by atoms with Crippen LogP contribution in [0.1, 0.15) is 49.3 Å². The van der Waals surface area contributed by atoms with Crippen molar-refractivity contribution in [3.63, 3.8) is 0 Å². The average molecular weight is 824 g/mol. The van der Waals surface area contributed by atoms with E-state index in [1.165, 1.54) is 66.0 Å². The topological polar surface area (TPSA) is 35.4 Å². The first-order valence-electron chi connectivity index (χ1n) is 22.4. The van der Waals surface area contributed by atoms with E-state index in [0.29, 0.717) is 0 Å². The molecule has 0 bridgehead atoms. The van der Waals surface area contributed by atoms with Crippen molar-refractivity contribution >= 4 is 76.9 Å². The Hall–Kier alpha value is -7.95. The normalized spacial score (nSPS) is 12.7. The monoisotopic (exact) mass is 823 g/mol. The van der Waals surface area contributed by atoms with Crippen LogP contribution in [0.25, 0.3) is 88.1 Å². The fourth-order valence-corrected chi connectivity index (χ4v) is 10.3. The van der Waals surface area contributed by atoms with Gasteiger partial charge < -0.3 is 13.6 Å². The van der Waals surface area contributed by atoms with E-state index < -0.39 is 0 Å². The van der Waals surface area contributed by atoms with Crippen LogP contribution in [-0.4, -0.2) is 14.8 Å². The zero-order valence-electron chi connectivity index (χ0n) is 35.9. The van der Waals surface area contributed by atoms with Crippen molar-refractivity contribution in [3.05, 3.63) is 223 Å². The molecule has 4 heteroatoms. The summed E-state index contributed by atoms with van der Waals surface area (Å²) >= 11 is 0. The predicted molar refractivity (Wildman–Crippen MR) is 269 cm³/mol. The number of hydrogen-bond donors (Lipinski definition) is 0. The molecule has 0 aliphatic rings. The molecule has 0 amide bonds. The van der Waals surface area contributed by atoms with Crippen LogP contribution < -0.4 is 0 Å². The minimum atomic E-state index is 0.174. The Morgan fingerprint density at radius 3 is 1.73 bits per heavy atom. The maximum Gasteiger partial charge on any atom is 0.136 e. The van der Waals surface area contributed by atoms with Gasteiger partial charge in [0.2, 0.25) is 0 Å². The van der Waals surface area contributed by atoms with Crippen molar-refractivity contribution in [3.8, 4) is 22.5 Å². The van der Waals surface area contributed by atoms with Gasteiger partial charge in [-0.05, 0) is 121 Å². The third-order valence-electron chi connectivity index (χ3n) is 13.2. The highest BCUT2D eigenvalue weighted by Crippen LogP contribution is 2.42. The van der Waals surface area contributed by atoms with Crippen LogP contribution in [0.4, 0.5) is 5.69 Å². The third kappa shape index (κ3) is 6.17. The molecule has 1 atom stereocenters. The zero-order chi connectivity index (χ0) is 42.7. The molecule has 0 aliphatic carbocycles. The van der Waals surface area contributed by atoms with Gasteiger partial charge in [0.25, 0.3) is 0 Å². The highest BCUT2D eigenvalue weighted by atomic mass is 16.3. The highest BCUT2D eigenvalue weighted by molar-refractivity contribution is 6.19. The van der Waals surface area contributed by atoms with Crippen molar-refractivity contribution in [1.82, 2.24) is 9.13 Å². The van der Waals surface area contributed by atoms with Gasteiger partial charge in [0, 0.05) is 60.9 Å². The van der Waals surface area contributed by atoms with Crippen molar-refractivity contribution in [2.75, 3.05) is 0 Å². The standard InChI is InChI=1S/C60H45N3O/c1-3-17-46(42-31-34-57-51(38-42)49-24-12-15-28-55(49)63(57)44-20-8-5-9-21-44)47-22-10-13-26-53(47)61-39(2)45-25-16-29-59-60(45)52-37-41(32-35-58(52)64-59)40-30-33-56-50(36-40)48-23-11-14-27-54(48)62(56)43-18-6-4-7-19-43/h4-16,18-38,46H,3,17H2,1-2H3. The summed E-state index contributed by atoms with van der Waals surface area (Å²) in [6.45, 7) is 4.42. The quantitative estimate of drug-likeness (QED) is 0.134. The number of aliphatic imine (C=N–C) groups is 1. The lowest BCUT2D eigenvalue weighted by Crippen LogP contribution is -2.03. The molecule has 0 aliphatic heterocycles. The minimum absolute atomic E-state index is 0.174. The van der Waals surface area contributed by atoms with Crippen LogP contribution >= 0.6 is 0 Å². The summed E-state index contributed by atoms with van der Waals surface area (Å²) in [4.78, 5) is 5.49. The number of hydrogen-bond acceptors (Lipinski definition) is 2. The molecule has 3 aromatic heterocycles. The number of aromatic nitrogens is 2. The van der Waals surface area contributed by atoms with Crippen LogP contribution in [-0.2, 0) is 0 Å². The summed E-state index contributed by atoms with van der Waals surface area (Å²) in [5.74, 6) is 0.174. The van der Waals surface area contributed by atoms with Gasteiger partial charge in [-0.3, -0.25) is 4.99 Å². The van der Waals surface area contributed by atoms with Crippen molar-refractivity contribution < 1.29 is 4.42 Å². The van der Waals surface area contributed by atoms with Gasteiger partial charge in [0.1, 0.15) is 11.2 Å². The maximum absolute atomic E-state index is 6.55. The van der Waals surface area contributed by atoms with E-state index in [9.17, 15) is 0 Å². The van der Waals surface area contributed by atoms with Crippen LogP contribution in [0.5, 0.6) is 0 Å². The van der Waals surface area contributed by atoms with E-state index in [4.69, 9.17) is 9.41 Å². The molecule has 0 saturated carbocycles. The fraction of sp³-hybridized carbons (Fsp3) is 0.0833. The molecule has 0 saturated heterocycles. The molecule has 3 heterocycles. The van der Waals surface area contributed by atoms with Gasteiger partial charge in [0.05, 0.1) is 27.8 Å². The van der Waals surface area contributed by atoms with Gasteiger partial charge in [-0.2, -0.15) is 0 Å². The zero-order valence-corrected chi connectivity index (χ0v) is 35.9. The molecule has 4 nitrogen and oxygen atoms in total.